The number of H-pyrrole nitrogens is 1. The van der Waals surface area contributed by atoms with Crippen molar-refractivity contribution in [3.8, 4) is 28.7 Å². The van der Waals surface area contributed by atoms with E-state index in [0.29, 0.717) is 40.5 Å². The first-order chi connectivity index (χ1) is 14.7. The Morgan fingerprint density at radius 3 is 2.77 bits per heavy atom. The van der Waals surface area contributed by atoms with Gasteiger partial charge in [-0.05, 0) is 29.4 Å². The highest BCUT2D eigenvalue weighted by Crippen LogP contribution is 2.22. The van der Waals surface area contributed by atoms with E-state index in [1.54, 1.807) is 47.4 Å². The molecule has 5 rings (SSSR count). The summed E-state index contributed by atoms with van der Waals surface area (Å²) in [6, 6.07) is 17.5. The fourth-order valence-electron chi connectivity index (χ4n) is 3.17. The van der Waals surface area contributed by atoms with E-state index in [2.05, 4.69) is 26.3 Å². The molecule has 3 aromatic heterocycles. The van der Waals surface area contributed by atoms with Crippen LogP contribution in [0.4, 0.5) is 4.39 Å². The third-order valence-corrected chi connectivity index (χ3v) is 4.68. The van der Waals surface area contributed by atoms with Crippen LogP contribution in [0.3, 0.4) is 0 Å². The summed E-state index contributed by atoms with van der Waals surface area (Å²) < 4.78 is 21.2. The topological polar surface area (TPSA) is 95.3 Å². The average molecular weight is 397 g/mol. The molecule has 0 unspecified atom stereocenters. The maximum atomic E-state index is 14.0. The smallest absolute Gasteiger partial charge is 0.234 e. The molecule has 7 nitrogen and oxygen atoms in total. The Kier molecular flexibility index (Phi) is 4.26. The Labute approximate surface area is 170 Å². The van der Waals surface area contributed by atoms with Crippen molar-refractivity contribution in [3.05, 3.63) is 84.1 Å². The first-order valence-corrected chi connectivity index (χ1v) is 9.16. The van der Waals surface area contributed by atoms with Crippen molar-refractivity contribution in [2.24, 2.45) is 0 Å². The fraction of sp³-hybridized carbons (Fsp3) is 0.0455. The summed E-state index contributed by atoms with van der Waals surface area (Å²) in [5, 5.41) is 17.3. The van der Waals surface area contributed by atoms with Gasteiger partial charge in [-0.1, -0.05) is 34.1 Å². The lowest BCUT2D eigenvalue weighted by Crippen LogP contribution is -2.37. The zero-order chi connectivity index (χ0) is 20.5. The zero-order valence-corrected chi connectivity index (χ0v) is 15.6. The normalized spacial score (nSPS) is 10.9. The number of halogens is 1. The maximum Gasteiger partial charge on any atom is 0.234 e. The molecule has 0 fully saturated rings. The number of aromatic amines is 1. The predicted octanol–water partition coefficient (Wildman–Crippen LogP) is 3.63. The Hall–Kier alpha value is -4.38. The molecule has 0 spiro atoms. The molecule has 1 N–H and O–H groups in total. The monoisotopic (exact) mass is 397 g/mol. The third kappa shape index (κ3) is 3.29. The molecular formula is C22H14FN6O+. The van der Waals surface area contributed by atoms with Gasteiger partial charge in [-0.3, -0.25) is 0 Å². The summed E-state index contributed by atoms with van der Waals surface area (Å²) in [6.45, 7) is 0.368. The van der Waals surface area contributed by atoms with Crippen molar-refractivity contribution in [1.29, 1.82) is 5.26 Å². The van der Waals surface area contributed by atoms with Crippen molar-refractivity contribution in [2.45, 2.75) is 6.54 Å². The summed E-state index contributed by atoms with van der Waals surface area (Å²) >= 11 is 0. The van der Waals surface area contributed by atoms with E-state index in [1.807, 2.05) is 18.2 Å². The molecule has 0 saturated heterocycles. The Morgan fingerprint density at radius 2 is 1.97 bits per heavy atom. The minimum absolute atomic E-state index is 0.339. The van der Waals surface area contributed by atoms with Gasteiger partial charge >= 0.3 is 0 Å². The van der Waals surface area contributed by atoms with Crippen LogP contribution in [-0.4, -0.2) is 20.2 Å². The van der Waals surface area contributed by atoms with Crippen molar-refractivity contribution < 1.29 is 13.6 Å². The van der Waals surface area contributed by atoms with E-state index in [0.717, 1.165) is 11.1 Å². The number of fused-ring (bicyclic) bond motifs is 1. The van der Waals surface area contributed by atoms with E-state index in [9.17, 15) is 4.39 Å². The summed E-state index contributed by atoms with van der Waals surface area (Å²) in [4.78, 5) is 7.56. The second kappa shape index (κ2) is 7.22. The van der Waals surface area contributed by atoms with E-state index in [4.69, 9.17) is 9.78 Å². The van der Waals surface area contributed by atoms with Gasteiger partial charge in [0.15, 0.2) is 0 Å². The minimum Gasteiger partial charge on any atom is -0.354 e. The molecule has 0 atom stereocenters. The van der Waals surface area contributed by atoms with Crippen LogP contribution in [0, 0.1) is 17.1 Å². The number of rotatable bonds is 4. The average Bonchev–Trinajstić information content (AvgIpc) is 3.41. The van der Waals surface area contributed by atoms with Gasteiger partial charge < -0.3 is 9.51 Å². The molecular weight excluding hydrogens is 383 g/mol. The van der Waals surface area contributed by atoms with Crippen molar-refractivity contribution in [1.82, 2.24) is 20.2 Å². The fourth-order valence-corrected chi connectivity index (χ4v) is 3.17. The molecule has 8 heteroatoms. The minimum atomic E-state index is -0.339. The molecule has 30 heavy (non-hydrogen) atoms. The van der Waals surface area contributed by atoms with Crippen LogP contribution >= 0.6 is 0 Å². The number of hydrogen-bond donors (Lipinski definition) is 1. The summed E-state index contributed by atoms with van der Waals surface area (Å²) in [5.41, 5.74) is 3.91. The molecule has 0 aliphatic carbocycles. The summed E-state index contributed by atoms with van der Waals surface area (Å²) in [5.74, 6) is 0.736. The van der Waals surface area contributed by atoms with Crippen LogP contribution < -0.4 is 4.68 Å². The van der Waals surface area contributed by atoms with Crippen LogP contribution in [0.1, 0.15) is 11.3 Å². The molecule has 3 heterocycles. The van der Waals surface area contributed by atoms with Crippen LogP contribution in [-0.2, 0) is 6.54 Å². The van der Waals surface area contributed by atoms with Gasteiger partial charge in [0, 0.05) is 11.6 Å². The first-order valence-electron chi connectivity index (χ1n) is 9.16. The number of nitrogens with one attached hydrogen (secondary N) is 1. The number of hydrogen-bond acceptors (Lipinski definition) is 5. The van der Waals surface area contributed by atoms with Crippen LogP contribution in [0.2, 0.25) is 0 Å². The largest absolute Gasteiger partial charge is 0.354 e. The molecule has 0 amide bonds. The second-order valence-electron chi connectivity index (χ2n) is 6.70. The second-order valence-corrected chi connectivity index (χ2v) is 6.70. The van der Waals surface area contributed by atoms with E-state index in [-0.39, 0.29) is 5.82 Å². The lowest BCUT2D eigenvalue weighted by Gasteiger charge is -1.96. The molecule has 0 saturated carbocycles. The molecule has 144 valence electrons. The van der Waals surface area contributed by atoms with Crippen LogP contribution in [0.15, 0.2) is 71.5 Å². The highest BCUT2D eigenvalue weighted by molar-refractivity contribution is 5.77. The zero-order valence-electron chi connectivity index (χ0n) is 15.6. The molecule has 0 bridgehead atoms. The Morgan fingerprint density at radius 1 is 1.13 bits per heavy atom. The van der Waals surface area contributed by atoms with Crippen LogP contribution in [0.5, 0.6) is 0 Å². The highest BCUT2D eigenvalue weighted by Gasteiger charge is 2.16. The van der Waals surface area contributed by atoms with Crippen molar-refractivity contribution in [3.63, 3.8) is 0 Å². The van der Waals surface area contributed by atoms with Gasteiger partial charge in [-0.15, -0.1) is 0 Å². The van der Waals surface area contributed by atoms with Gasteiger partial charge in [0.2, 0.25) is 18.5 Å². The van der Waals surface area contributed by atoms with Gasteiger partial charge in [-0.25, -0.2) is 9.37 Å². The lowest BCUT2D eigenvalue weighted by molar-refractivity contribution is -0.746. The predicted molar refractivity (Wildman–Crippen MR) is 105 cm³/mol. The van der Waals surface area contributed by atoms with Crippen molar-refractivity contribution in [2.75, 3.05) is 0 Å². The lowest BCUT2D eigenvalue weighted by atomic mass is 10.1. The van der Waals surface area contributed by atoms with E-state index < -0.39 is 0 Å². The van der Waals surface area contributed by atoms with Gasteiger partial charge in [0.25, 0.3) is 0 Å². The van der Waals surface area contributed by atoms with Crippen molar-refractivity contribution >= 4 is 11.0 Å². The Balaban J connectivity index is 1.40. The number of nitrogens with zero attached hydrogens (tertiary/aromatic N) is 5. The van der Waals surface area contributed by atoms with Gasteiger partial charge in [-0.2, -0.15) is 5.26 Å². The highest BCUT2D eigenvalue weighted by atomic mass is 19.1. The number of imidazole rings is 1. The maximum absolute atomic E-state index is 14.0. The van der Waals surface area contributed by atoms with E-state index >= 15 is 0 Å². The molecule has 0 aliphatic heterocycles. The number of benzene rings is 2. The third-order valence-electron chi connectivity index (χ3n) is 4.68. The molecule has 5 aromatic rings. The molecule has 2 aromatic carbocycles. The SMILES string of the molecule is N#Cc1ccc(-c2cc(C[n+]3cc4[nH]c(-c5ccccc5F)nc4cn3)on2)cc1. The summed E-state index contributed by atoms with van der Waals surface area (Å²) in [6.07, 6.45) is 3.41. The van der Waals surface area contributed by atoms with Gasteiger partial charge in [0.05, 0.1) is 17.2 Å². The Bertz CT molecular complexity index is 1400. The standard InChI is InChI=1S/C22H13FN6O/c23-18-4-2-1-3-17(18)22-26-20-11-25-29(13-21(20)27-22)12-16-9-19(28-30-16)15-7-5-14(10-24)6-8-15/h1-9,11,13H,12H2/p+1. The number of nitriles is 1. The van der Waals surface area contributed by atoms with Gasteiger partial charge in [0.1, 0.15) is 34.6 Å². The van der Waals surface area contributed by atoms with E-state index in [1.165, 1.54) is 6.07 Å². The molecule has 0 aliphatic rings. The summed E-state index contributed by atoms with van der Waals surface area (Å²) in [7, 11) is 0. The number of aromatic nitrogens is 5. The first kappa shape index (κ1) is 17.7. The quantitative estimate of drug-likeness (QED) is 0.467. The molecule has 0 radical (unpaired) electrons. The van der Waals surface area contributed by atoms with Crippen LogP contribution in [0.25, 0.3) is 33.7 Å².